The molecule has 0 nitrogen and oxygen atoms in total. The molecule has 0 aromatic heterocycles. The molecule has 0 heterocycles. The summed E-state index contributed by atoms with van der Waals surface area (Å²) in [6.45, 7) is 10.1. The molecule has 0 aliphatic heterocycles. The Balaban J connectivity index is 2.27. The van der Waals surface area contributed by atoms with Gasteiger partial charge in [0, 0.05) is 0 Å². The van der Waals surface area contributed by atoms with E-state index in [4.69, 9.17) is 0 Å². The Morgan fingerprint density at radius 2 is 1.14 bits per heavy atom. The number of hydrogen-bond donors (Lipinski definition) is 0. The monoisotopic (exact) mass is 194 g/mol. The van der Waals surface area contributed by atoms with Gasteiger partial charge in [-0.1, -0.05) is 53.4 Å². The molecule has 2 rings (SSSR count). The molecule has 2 fully saturated rings. The second-order valence-corrected chi connectivity index (χ2v) is 6.42. The van der Waals surface area contributed by atoms with E-state index in [1.807, 2.05) is 0 Å². The van der Waals surface area contributed by atoms with Crippen LogP contribution in [0.15, 0.2) is 0 Å². The fraction of sp³-hybridized carbons (Fsp3) is 1.00. The zero-order valence-corrected chi connectivity index (χ0v) is 10.4. The molecule has 4 atom stereocenters. The van der Waals surface area contributed by atoms with Crippen LogP contribution in [0.25, 0.3) is 0 Å². The molecule has 14 heavy (non-hydrogen) atoms. The Kier molecular flexibility index (Phi) is 2.44. The molecule has 4 unspecified atom stereocenters. The molecule has 2 aliphatic carbocycles. The molecule has 0 saturated heterocycles. The van der Waals surface area contributed by atoms with E-state index in [9.17, 15) is 0 Å². The Morgan fingerprint density at radius 3 is 1.36 bits per heavy atom. The zero-order chi connectivity index (χ0) is 10.4. The van der Waals surface area contributed by atoms with Crippen molar-refractivity contribution in [2.24, 2.45) is 22.7 Å². The molecular formula is C14H26. The second-order valence-electron chi connectivity index (χ2n) is 6.42. The van der Waals surface area contributed by atoms with E-state index < -0.39 is 0 Å². The lowest BCUT2D eigenvalue weighted by Crippen LogP contribution is -2.41. The van der Waals surface area contributed by atoms with E-state index in [1.54, 1.807) is 0 Å². The summed E-state index contributed by atoms with van der Waals surface area (Å²) >= 11 is 0. The predicted octanol–water partition coefficient (Wildman–Crippen LogP) is 4.64. The fourth-order valence-electron chi connectivity index (χ4n) is 4.38. The lowest BCUT2D eigenvalue weighted by atomic mass is 9.57. The second kappa shape index (κ2) is 3.25. The summed E-state index contributed by atoms with van der Waals surface area (Å²) in [5, 5.41) is 0. The van der Waals surface area contributed by atoms with Crippen molar-refractivity contribution >= 4 is 0 Å². The Morgan fingerprint density at radius 1 is 0.786 bits per heavy atom. The van der Waals surface area contributed by atoms with Crippen LogP contribution in [0.2, 0.25) is 0 Å². The van der Waals surface area contributed by atoms with E-state index in [-0.39, 0.29) is 0 Å². The first-order chi connectivity index (χ1) is 6.51. The normalized spacial score (nSPS) is 54.0. The minimum Gasteiger partial charge on any atom is -0.0620 e. The summed E-state index contributed by atoms with van der Waals surface area (Å²) in [5.74, 6) is 1.90. The lowest BCUT2D eigenvalue weighted by Gasteiger charge is -2.48. The molecule has 0 spiro atoms. The first-order valence-corrected chi connectivity index (χ1v) is 6.51. The summed E-state index contributed by atoms with van der Waals surface area (Å²) in [5.41, 5.74) is 1.28. The smallest absolute Gasteiger partial charge is 0.0244 e. The van der Waals surface area contributed by atoms with Crippen molar-refractivity contribution in [2.45, 2.75) is 66.2 Å². The fourth-order valence-corrected chi connectivity index (χ4v) is 4.38. The maximum absolute atomic E-state index is 2.58. The molecule has 0 N–H and O–H groups in total. The van der Waals surface area contributed by atoms with Crippen molar-refractivity contribution in [3.63, 3.8) is 0 Å². The van der Waals surface area contributed by atoms with Gasteiger partial charge < -0.3 is 0 Å². The zero-order valence-electron chi connectivity index (χ0n) is 10.4. The van der Waals surface area contributed by atoms with Gasteiger partial charge >= 0.3 is 0 Å². The Labute approximate surface area is 89.5 Å². The standard InChI is InChI=1S/C14H26/c1-11-7-5-9-13(11,3)14(4)10-6-8-12(14)2/h11-12H,5-10H2,1-4H3. The summed E-state index contributed by atoms with van der Waals surface area (Å²) in [6, 6.07) is 0. The van der Waals surface area contributed by atoms with Crippen molar-refractivity contribution in [3.05, 3.63) is 0 Å². The van der Waals surface area contributed by atoms with Crippen LogP contribution in [0.1, 0.15) is 66.2 Å². The van der Waals surface area contributed by atoms with Gasteiger partial charge in [0.1, 0.15) is 0 Å². The lowest BCUT2D eigenvalue weighted by molar-refractivity contribution is 0.00532. The van der Waals surface area contributed by atoms with Gasteiger partial charge in [-0.2, -0.15) is 0 Å². The maximum atomic E-state index is 2.58. The average molecular weight is 194 g/mol. The third-order valence-electron chi connectivity index (χ3n) is 6.15. The van der Waals surface area contributed by atoms with Crippen molar-refractivity contribution in [3.8, 4) is 0 Å². The molecule has 2 aliphatic rings. The van der Waals surface area contributed by atoms with Gasteiger partial charge in [-0.05, 0) is 35.5 Å². The molecule has 0 amide bonds. The van der Waals surface area contributed by atoms with Crippen molar-refractivity contribution < 1.29 is 0 Å². The molecule has 2 saturated carbocycles. The minimum absolute atomic E-state index is 0.642. The van der Waals surface area contributed by atoms with Crippen LogP contribution in [0, 0.1) is 22.7 Å². The summed E-state index contributed by atoms with van der Waals surface area (Å²) < 4.78 is 0. The SMILES string of the molecule is CC1CCCC1(C)C1(C)CCCC1C. The highest BCUT2D eigenvalue weighted by Gasteiger charge is 2.53. The molecule has 0 radical (unpaired) electrons. The summed E-state index contributed by atoms with van der Waals surface area (Å²) in [4.78, 5) is 0. The largest absolute Gasteiger partial charge is 0.0620 e. The van der Waals surface area contributed by atoms with Gasteiger partial charge in [0.15, 0.2) is 0 Å². The van der Waals surface area contributed by atoms with Crippen LogP contribution < -0.4 is 0 Å². The van der Waals surface area contributed by atoms with Crippen molar-refractivity contribution in [1.29, 1.82) is 0 Å². The van der Waals surface area contributed by atoms with E-state index >= 15 is 0 Å². The number of hydrogen-bond acceptors (Lipinski definition) is 0. The predicted molar refractivity (Wildman–Crippen MR) is 62.2 cm³/mol. The highest BCUT2D eigenvalue weighted by atomic mass is 14.6. The van der Waals surface area contributed by atoms with Gasteiger partial charge in [0.25, 0.3) is 0 Å². The van der Waals surface area contributed by atoms with E-state index in [1.165, 1.54) is 38.5 Å². The van der Waals surface area contributed by atoms with Crippen LogP contribution >= 0.6 is 0 Å². The minimum atomic E-state index is 0.642. The van der Waals surface area contributed by atoms with Gasteiger partial charge in [0.2, 0.25) is 0 Å². The van der Waals surface area contributed by atoms with E-state index in [0.29, 0.717) is 10.8 Å². The molecule has 0 bridgehead atoms. The molecule has 82 valence electrons. The molecule has 0 heteroatoms. The van der Waals surface area contributed by atoms with Gasteiger partial charge in [-0.15, -0.1) is 0 Å². The first-order valence-electron chi connectivity index (χ1n) is 6.51. The van der Waals surface area contributed by atoms with E-state index in [2.05, 4.69) is 27.7 Å². The Bertz CT molecular complexity index is 196. The van der Waals surface area contributed by atoms with Crippen LogP contribution in [0.5, 0.6) is 0 Å². The molecular weight excluding hydrogens is 168 g/mol. The van der Waals surface area contributed by atoms with E-state index in [0.717, 1.165) is 11.8 Å². The van der Waals surface area contributed by atoms with Crippen LogP contribution in [0.3, 0.4) is 0 Å². The third-order valence-corrected chi connectivity index (χ3v) is 6.15. The van der Waals surface area contributed by atoms with Crippen LogP contribution in [-0.4, -0.2) is 0 Å². The molecule has 0 aromatic rings. The quantitative estimate of drug-likeness (QED) is 0.570. The molecule has 0 aromatic carbocycles. The first kappa shape index (κ1) is 10.5. The summed E-state index contributed by atoms with van der Waals surface area (Å²) in [6.07, 6.45) is 8.85. The third kappa shape index (κ3) is 1.19. The highest BCUT2D eigenvalue weighted by molar-refractivity contribution is 5.03. The maximum Gasteiger partial charge on any atom is -0.0244 e. The highest BCUT2D eigenvalue weighted by Crippen LogP contribution is 2.62. The van der Waals surface area contributed by atoms with Crippen LogP contribution in [-0.2, 0) is 0 Å². The van der Waals surface area contributed by atoms with Crippen molar-refractivity contribution in [2.75, 3.05) is 0 Å². The van der Waals surface area contributed by atoms with Gasteiger partial charge in [0.05, 0.1) is 0 Å². The van der Waals surface area contributed by atoms with Gasteiger partial charge in [-0.3, -0.25) is 0 Å². The average Bonchev–Trinajstić information content (AvgIpc) is 2.63. The summed E-state index contributed by atoms with van der Waals surface area (Å²) in [7, 11) is 0. The number of rotatable bonds is 1. The Hall–Kier alpha value is 0. The topological polar surface area (TPSA) is 0 Å². The van der Waals surface area contributed by atoms with Crippen LogP contribution in [0.4, 0.5) is 0 Å². The van der Waals surface area contributed by atoms with Gasteiger partial charge in [-0.25, -0.2) is 0 Å². The van der Waals surface area contributed by atoms with Crippen molar-refractivity contribution in [1.82, 2.24) is 0 Å².